The van der Waals surface area contributed by atoms with E-state index in [9.17, 15) is 34.5 Å². The Bertz CT molecular complexity index is 1490. The van der Waals surface area contributed by atoms with Crippen molar-refractivity contribution in [2.45, 2.75) is 219 Å². The van der Waals surface area contributed by atoms with Crippen molar-refractivity contribution in [1.29, 1.82) is 0 Å². The molecule has 3 fully saturated rings. The number of aliphatic hydroxyl groups excluding tert-OH is 2. The fraction of sp³-hybridized carbons (Fsp3) is 0.846. The number of hydrogen-bond acceptors (Lipinski definition) is 10. The van der Waals surface area contributed by atoms with E-state index in [-0.39, 0.29) is 73.8 Å². The molecule has 0 amide bonds. The molecule has 62 heavy (non-hydrogen) atoms. The molecule has 0 saturated heterocycles. The summed E-state index contributed by atoms with van der Waals surface area (Å²) in [5, 5.41) is 33.6. The van der Waals surface area contributed by atoms with Gasteiger partial charge in [0.15, 0.2) is 12.4 Å². The monoisotopic (exact) mass is 871 g/mol. The van der Waals surface area contributed by atoms with Gasteiger partial charge in [-0.1, -0.05) is 155 Å². The van der Waals surface area contributed by atoms with Gasteiger partial charge in [0.1, 0.15) is 11.7 Å². The first-order chi connectivity index (χ1) is 29.7. The van der Waals surface area contributed by atoms with Crippen LogP contribution in [0.25, 0.3) is 0 Å². The lowest BCUT2D eigenvalue weighted by Crippen LogP contribution is -2.66. The number of unbranched alkanes of at least 4 members (excludes halogenated alkanes) is 18. The second kappa shape index (κ2) is 25.3. The van der Waals surface area contributed by atoms with Crippen LogP contribution >= 0.6 is 0 Å². The Morgan fingerprint density at radius 3 is 1.92 bits per heavy atom. The quantitative estimate of drug-likeness (QED) is 0.0453. The van der Waals surface area contributed by atoms with Crippen LogP contribution in [0.5, 0.6) is 0 Å². The molecule has 9 atom stereocenters. The molecule has 0 radical (unpaired) electrons. The number of hydrogen-bond donors (Lipinski definition) is 3. The predicted molar refractivity (Wildman–Crippen MR) is 243 cm³/mol. The number of esters is 2. The summed E-state index contributed by atoms with van der Waals surface area (Å²) in [4.78, 5) is 51.1. The number of carbonyl (C=O) groups excluding carboxylic acids is 4. The third-order valence-corrected chi connectivity index (χ3v) is 15.8. The predicted octanol–water partition coefficient (Wildman–Crippen LogP) is 10.3. The molecule has 0 aromatic carbocycles. The summed E-state index contributed by atoms with van der Waals surface area (Å²) in [6.07, 6.45) is 29.4. The number of allylic oxidation sites excluding steroid dienone is 4. The van der Waals surface area contributed by atoms with Gasteiger partial charge in [0.25, 0.3) is 0 Å². The average molecular weight is 871 g/mol. The number of fused-ring (bicyclic) bond motifs is 5. The highest BCUT2D eigenvalue weighted by atomic mass is 16.6. The van der Waals surface area contributed by atoms with Gasteiger partial charge in [0.05, 0.1) is 19.3 Å². The van der Waals surface area contributed by atoms with Crippen LogP contribution in [0.1, 0.15) is 202 Å². The lowest BCUT2D eigenvalue weighted by Gasteiger charge is -2.66. The first kappa shape index (κ1) is 52.2. The van der Waals surface area contributed by atoms with Crippen molar-refractivity contribution in [3.05, 3.63) is 23.8 Å². The maximum atomic E-state index is 13.7. The van der Waals surface area contributed by atoms with E-state index >= 15 is 0 Å². The lowest BCUT2D eigenvalue weighted by atomic mass is 9.39. The average Bonchev–Trinajstić information content (AvgIpc) is 3.51. The first-order valence-electron chi connectivity index (χ1n) is 25.1. The van der Waals surface area contributed by atoms with Gasteiger partial charge >= 0.3 is 11.9 Å². The molecule has 0 spiro atoms. The van der Waals surface area contributed by atoms with Crippen LogP contribution in [0.15, 0.2) is 23.8 Å². The zero-order chi connectivity index (χ0) is 45.2. The topological polar surface area (TPSA) is 157 Å². The van der Waals surface area contributed by atoms with Gasteiger partial charge < -0.3 is 29.5 Å². The van der Waals surface area contributed by atoms with E-state index in [1.165, 1.54) is 83.5 Å². The molecule has 10 heteroatoms. The highest BCUT2D eigenvalue weighted by Crippen LogP contribution is 2.72. The summed E-state index contributed by atoms with van der Waals surface area (Å²) in [5.41, 5.74) is -2.43. The molecule has 4 aliphatic carbocycles. The van der Waals surface area contributed by atoms with E-state index in [4.69, 9.17) is 14.2 Å². The summed E-state index contributed by atoms with van der Waals surface area (Å²) < 4.78 is 16.5. The fourth-order valence-electron chi connectivity index (χ4n) is 12.6. The molecular formula is C52H86O10. The fourth-order valence-corrected chi connectivity index (χ4v) is 12.6. The molecule has 4 aliphatic rings. The van der Waals surface area contributed by atoms with Gasteiger partial charge in [0.2, 0.25) is 5.78 Å². The number of Topliss-reactive ketones (excluding diaryl/α,β-unsaturated/α-hetero) is 1. The minimum atomic E-state index is -1.72. The maximum Gasteiger partial charge on any atom is 0.306 e. The molecule has 3 N–H and O–H groups in total. The summed E-state index contributed by atoms with van der Waals surface area (Å²) in [5.74, 6) is -1.45. The van der Waals surface area contributed by atoms with E-state index in [1.807, 2.05) is 13.0 Å². The normalized spacial score (nSPS) is 30.6. The van der Waals surface area contributed by atoms with E-state index in [0.29, 0.717) is 25.9 Å². The highest BCUT2D eigenvalue weighted by Gasteiger charge is 2.72. The van der Waals surface area contributed by atoms with Gasteiger partial charge in [-0.2, -0.15) is 0 Å². The standard InChI is InChI=1S/C52H86O10/c1-6-7-8-9-10-11-12-13-14-15-16-17-18-22-25-32-60-37-41(36-53)62-47(58)27-24-21-19-20-23-26-46(57)61-38-45(56)52(59)31-29-44-50(4)34-39(2)42-33-40(54)28-30-49(42,3)48(50)43(55)35-51(44,52)5/h28,30,33,39,41,43-44,48,53,55,59H,6-27,29,31-32,34-38H2,1-5H3/t39-,41?,43-,44-,48+,49-,50-,51-,52-/m1/s1. The zero-order valence-corrected chi connectivity index (χ0v) is 39.5. The van der Waals surface area contributed by atoms with E-state index in [1.54, 1.807) is 12.2 Å². The molecule has 0 bridgehead atoms. The van der Waals surface area contributed by atoms with Gasteiger partial charge in [-0.25, -0.2) is 0 Å². The molecule has 0 heterocycles. The van der Waals surface area contributed by atoms with Crippen molar-refractivity contribution in [3.8, 4) is 0 Å². The van der Waals surface area contributed by atoms with Crippen molar-refractivity contribution < 1.29 is 48.7 Å². The van der Waals surface area contributed by atoms with Gasteiger partial charge in [-0.05, 0) is 74.3 Å². The molecule has 10 nitrogen and oxygen atoms in total. The molecular weight excluding hydrogens is 785 g/mol. The lowest BCUT2D eigenvalue weighted by molar-refractivity contribution is -0.205. The summed E-state index contributed by atoms with van der Waals surface area (Å²) >= 11 is 0. The van der Waals surface area contributed by atoms with Gasteiger partial charge in [0, 0.05) is 36.2 Å². The molecule has 0 aromatic rings. The van der Waals surface area contributed by atoms with Gasteiger partial charge in [-0.3, -0.25) is 19.2 Å². The van der Waals surface area contributed by atoms with Crippen molar-refractivity contribution in [1.82, 2.24) is 0 Å². The summed E-state index contributed by atoms with van der Waals surface area (Å²) in [6, 6.07) is 0. The van der Waals surface area contributed by atoms with E-state index in [2.05, 4.69) is 27.7 Å². The van der Waals surface area contributed by atoms with Crippen LogP contribution in [-0.4, -0.2) is 83.1 Å². The molecule has 0 aliphatic heterocycles. The Labute approximate surface area is 374 Å². The van der Waals surface area contributed by atoms with Gasteiger partial charge in [-0.15, -0.1) is 0 Å². The minimum absolute atomic E-state index is 0.0251. The van der Waals surface area contributed by atoms with Crippen LogP contribution in [0.3, 0.4) is 0 Å². The smallest absolute Gasteiger partial charge is 0.306 e. The largest absolute Gasteiger partial charge is 0.458 e. The Kier molecular flexibility index (Phi) is 21.3. The number of carbonyl (C=O) groups is 4. The van der Waals surface area contributed by atoms with Crippen molar-refractivity contribution in [3.63, 3.8) is 0 Å². The molecule has 4 rings (SSSR count). The number of rotatable bonds is 31. The third-order valence-electron chi connectivity index (χ3n) is 15.8. The Morgan fingerprint density at radius 2 is 1.34 bits per heavy atom. The number of ketones is 2. The van der Waals surface area contributed by atoms with Crippen LogP contribution in [0, 0.1) is 34.0 Å². The molecule has 1 unspecified atom stereocenters. The van der Waals surface area contributed by atoms with Crippen molar-refractivity contribution in [2.75, 3.05) is 26.4 Å². The second-order valence-electron chi connectivity index (χ2n) is 20.5. The second-order valence-corrected chi connectivity index (χ2v) is 20.5. The Morgan fingerprint density at radius 1 is 0.790 bits per heavy atom. The number of ether oxygens (including phenoxy) is 3. The highest BCUT2D eigenvalue weighted by molar-refractivity contribution is 6.01. The third kappa shape index (κ3) is 13.6. The van der Waals surface area contributed by atoms with Crippen LogP contribution in [-0.2, 0) is 33.4 Å². The summed E-state index contributed by atoms with van der Waals surface area (Å²) in [6.45, 7) is 10.7. The maximum absolute atomic E-state index is 13.7. The minimum Gasteiger partial charge on any atom is -0.458 e. The SMILES string of the molecule is CCCCCCCCCCCCCCCCCOCC(CO)OC(=O)CCCCCCCC(=O)OCC(=O)[C@]1(O)CC[C@@H]2[C@@]3(C)C[C@@H](C)C4=CC(=O)C=C[C@@]4(C)[C@@H]3[C@H](O)C[C@]21C. The number of aliphatic hydroxyl groups is 3. The summed E-state index contributed by atoms with van der Waals surface area (Å²) in [7, 11) is 0. The van der Waals surface area contributed by atoms with E-state index in [0.717, 1.165) is 44.1 Å². The van der Waals surface area contributed by atoms with Crippen molar-refractivity contribution in [2.24, 2.45) is 34.0 Å². The van der Waals surface area contributed by atoms with Crippen LogP contribution < -0.4 is 0 Å². The Hall–Kier alpha value is -2.40. The van der Waals surface area contributed by atoms with Crippen LogP contribution in [0.4, 0.5) is 0 Å². The van der Waals surface area contributed by atoms with Crippen molar-refractivity contribution >= 4 is 23.5 Å². The zero-order valence-electron chi connectivity index (χ0n) is 39.5. The Balaban J connectivity index is 1.02. The van der Waals surface area contributed by atoms with E-state index < -0.39 is 47.0 Å². The van der Waals surface area contributed by atoms with Crippen LogP contribution in [0.2, 0.25) is 0 Å². The molecule has 3 saturated carbocycles. The first-order valence-corrected chi connectivity index (χ1v) is 25.1. The molecule has 354 valence electrons. The molecule has 0 aromatic heterocycles.